The van der Waals surface area contributed by atoms with Crippen molar-refractivity contribution in [2.45, 2.75) is 12.8 Å². The fourth-order valence-corrected chi connectivity index (χ4v) is 11.2. The van der Waals surface area contributed by atoms with Crippen LogP contribution in [-0.4, -0.2) is 20.3 Å². The van der Waals surface area contributed by atoms with E-state index in [0.717, 1.165) is 91.8 Å². The second-order valence-corrected chi connectivity index (χ2v) is 19.4. The van der Waals surface area contributed by atoms with E-state index in [0.29, 0.717) is 0 Å². The summed E-state index contributed by atoms with van der Waals surface area (Å²) in [5, 5.41) is 3.58. The first kappa shape index (κ1) is 44.6. The van der Waals surface area contributed by atoms with Crippen LogP contribution < -0.4 is 9.80 Å². The number of aromatic nitrogens is 3. The zero-order valence-electron chi connectivity index (χ0n) is 41.7. The van der Waals surface area contributed by atoms with Crippen molar-refractivity contribution < 1.29 is 0 Å². The summed E-state index contributed by atoms with van der Waals surface area (Å²) >= 11 is 0. The van der Waals surface area contributed by atoms with Crippen molar-refractivity contribution in [3.05, 3.63) is 279 Å². The molecule has 4 heterocycles. The average Bonchev–Trinajstić information content (AvgIpc) is 4.06. The number of nitrogens with zero attached hydrogens (tertiary/aromatic N) is 6. The van der Waals surface area contributed by atoms with E-state index < -0.39 is 0 Å². The Hall–Kier alpha value is -10.0. The average molecular weight is 975 g/mol. The van der Waals surface area contributed by atoms with Crippen LogP contribution in [0.15, 0.2) is 278 Å². The normalized spacial score (nSPS) is 12.1. The number of hydrogen-bond acceptors (Lipinski definition) is 4. The molecule has 0 aliphatic carbocycles. The zero-order chi connectivity index (χ0) is 50.4. The van der Waals surface area contributed by atoms with Crippen LogP contribution in [0.1, 0.15) is 12.0 Å². The first-order chi connectivity index (χ1) is 37.7. The summed E-state index contributed by atoms with van der Waals surface area (Å²) in [5.74, 6) is 1.04. The molecular weight excluding hydrogens is 925 g/mol. The van der Waals surface area contributed by atoms with Crippen molar-refractivity contribution in [3.63, 3.8) is 0 Å². The maximum atomic E-state index is 4.93. The fraction of sp³-hybridized carbons (Fsp3) is 0.0286. The molecule has 360 valence electrons. The van der Waals surface area contributed by atoms with E-state index in [9.17, 15) is 0 Å². The van der Waals surface area contributed by atoms with Gasteiger partial charge in [-0.15, -0.1) is 0 Å². The molecule has 0 amide bonds. The van der Waals surface area contributed by atoms with Gasteiger partial charge in [-0.25, -0.2) is 9.98 Å². The quantitative estimate of drug-likeness (QED) is 0.130. The third-order valence-corrected chi connectivity index (χ3v) is 14.9. The lowest BCUT2D eigenvalue weighted by molar-refractivity contribution is 1.00. The highest BCUT2D eigenvalue weighted by molar-refractivity contribution is 6.09. The summed E-state index contributed by atoms with van der Waals surface area (Å²) in [4.78, 5) is 14.4. The van der Waals surface area contributed by atoms with Gasteiger partial charge >= 0.3 is 0 Å². The molecule has 6 heteroatoms. The molecule has 0 saturated carbocycles. The third-order valence-electron chi connectivity index (χ3n) is 14.9. The lowest BCUT2D eigenvalue weighted by atomic mass is 10.00. The molecule has 0 saturated heterocycles. The Morgan fingerprint density at radius 2 is 0.737 bits per heavy atom. The highest BCUT2D eigenvalue weighted by Crippen LogP contribution is 2.43. The highest BCUT2D eigenvalue weighted by atomic mass is 15.2. The number of anilines is 6. The third kappa shape index (κ3) is 8.01. The van der Waals surface area contributed by atoms with E-state index >= 15 is 0 Å². The Bertz CT molecular complexity index is 4220. The Balaban J connectivity index is 0.806. The molecule has 0 atom stereocenters. The van der Waals surface area contributed by atoms with Crippen LogP contribution >= 0.6 is 0 Å². The van der Waals surface area contributed by atoms with Crippen molar-refractivity contribution in [3.8, 4) is 44.8 Å². The monoisotopic (exact) mass is 974 g/mol. The number of hydrogen-bond donors (Lipinski definition) is 0. The van der Waals surface area contributed by atoms with Crippen LogP contribution in [0.25, 0.3) is 77.6 Å². The van der Waals surface area contributed by atoms with Crippen molar-refractivity contribution in [2.24, 2.45) is 4.99 Å². The molecule has 0 radical (unpaired) electrons. The van der Waals surface area contributed by atoms with Crippen LogP contribution in [0, 0.1) is 0 Å². The molecule has 0 spiro atoms. The van der Waals surface area contributed by atoms with E-state index in [4.69, 9.17) is 9.98 Å². The lowest BCUT2D eigenvalue weighted by Gasteiger charge is -2.28. The Morgan fingerprint density at radius 1 is 0.329 bits per heavy atom. The minimum Gasteiger partial charge on any atom is -0.311 e. The summed E-state index contributed by atoms with van der Waals surface area (Å²) in [6.45, 7) is 0. The SMILES string of the molecule is C1=Nc2c(c3cc(-c4ccc(N(c5ccc(-c6ccccc6)cc5)c5ccc(N(c6ccccc6)c6ccc(-c7ccc8c(c7)c7cccnc7n8-c7ccccc7)cc6)cc5)cc4)ccc3n2-c2ccccc2)CC1. The zero-order valence-corrected chi connectivity index (χ0v) is 41.7. The summed E-state index contributed by atoms with van der Waals surface area (Å²) < 4.78 is 4.56. The van der Waals surface area contributed by atoms with Gasteiger partial charge in [-0.3, -0.25) is 9.13 Å². The molecule has 3 aromatic heterocycles. The first-order valence-electron chi connectivity index (χ1n) is 26.0. The van der Waals surface area contributed by atoms with Gasteiger partial charge < -0.3 is 9.80 Å². The van der Waals surface area contributed by atoms with Gasteiger partial charge in [-0.1, -0.05) is 133 Å². The fourth-order valence-electron chi connectivity index (χ4n) is 11.2. The van der Waals surface area contributed by atoms with E-state index in [2.05, 4.69) is 286 Å². The molecular formula is C70H50N6. The van der Waals surface area contributed by atoms with Crippen molar-refractivity contribution in [1.29, 1.82) is 0 Å². The number of aryl methyl sites for hydroxylation is 1. The van der Waals surface area contributed by atoms with Crippen LogP contribution in [0.5, 0.6) is 0 Å². The van der Waals surface area contributed by atoms with Crippen molar-refractivity contribution in [1.82, 2.24) is 14.1 Å². The van der Waals surface area contributed by atoms with E-state index in [-0.39, 0.29) is 0 Å². The van der Waals surface area contributed by atoms with Gasteiger partial charge in [0.1, 0.15) is 11.5 Å². The summed E-state index contributed by atoms with van der Waals surface area (Å²) in [6.07, 6.45) is 5.85. The Labute approximate surface area is 442 Å². The van der Waals surface area contributed by atoms with Crippen LogP contribution in [0.3, 0.4) is 0 Å². The number of rotatable bonds is 11. The summed E-state index contributed by atoms with van der Waals surface area (Å²) in [7, 11) is 0. The highest BCUT2D eigenvalue weighted by Gasteiger charge is 2.22. The van der Waals surface area contributed by atoms with E-state index in [1.54, 1.807) is 0 Å². The second-order valence-electron chi connectivity index (χ2n) is 19.4. The Morgan fingerprint density at radius 3 is 1.28 bits per heavy atom. The lowest BCUT2D eigenvalue weighted by Crippen LogP contribution is -2.12. The maximum absolute atomic E-state index is 4.93. The standard InChI is InChI=1S/C70H50N6/c1-5-15-49(16-6-1)50-25-33-59(34-26-50)74(60-37-29-52(30-38-60)54-32-44-68-66(48-54)64-24-14-46-72-70(64)76(68)57-21-11-4-12-22-57)62-41-39-61(40-42-62)73(55-17-7-2-8-18-55)58-35-27-51(28-36-58)53-31-43-67-65(47-53)63-23-13-45-71-69(63)75(67)56-19-9-3-10-20-56/h1-13,15-23,25-48H,14,24H2. The van der Waals surface area contributed by atoms with Gasteiger partial charge in [0.2, 0.25) is 0 Å². The molecule has 0 bridgehead atoms. The van der Waals surface area contributed by atoms with Gasteiger partial charge in [0.15, 0.2) is 0 Å². The summed E-state index contributed by atoms with van der Waals surface area (Å²) in [6, 6.07) is 95.9. The molecule has 6 nitrogen and oxygen atoms in total. The van der Waals surface area contributed by atoms with Crippen molar-refractivity contribution in [2.75, 3.05) is 9.80 Å². The number of pyridine rings is 1. The molecule has 13 aromatic rings. The maximum Gasteiger partial charge on any atom is 0.145 e. The van der Waals surface area contributed by atoms with E-state index in [1.807, 2.05) is 12.3 Å². The smallest absolute Gasteiger partial charge is 0.145 e. The van der Waals surface area contributed by atoms with Crippen molar-refractivity contribution >= 4 is 79.0 Å². The van der Waals surface area contributed by atoms with Gasteiger partial charge in [-0.05, 0) is 180 Å². The van der Waals surface area contributed by atoms with E-state index in [1.165, 1.54) is 44.1 Å². The Kier molecular flexibility index (Phi) is 11.2. The molecule has 14 rings (SSSR count). The molecule has 76 heavy (non-hydrogen) atoms. The predicted molar refractivity (Wildman–Crippen MR) is 318 cm³/mol. The predicted octanol–water partition coefficient (Wildman–Crippen LogP) is 18.7. The first-order valence-corrected chi connectivity index (χ1v) is 26.0. The van der Waals surface area contributed by atoms with Gasteiger partial charge in [0.25, 0.3) is 0 Å². The van der Waals surface area contributed by atoms with Crippen LogP contribution in [0.2, 0.25) is 0 Å². The molecule has 10 aromatic carbocycles. The summed E-state index contributed by atoms with van der Waals surface area (Å²) in [5.41, 5.74) is 20.3. The molecule has 1 aliphatic rings. The molecule has 0 fully saturated rings. The minimum absolute atomic E-state index is 0.945. The van der Waals surface area contributed by atoms with Gasteiger partial charge in [-0.2, -0.15) is 0 Å². The molecule has 1 aliphatic heterocycles. The topological polar surface area (TPSA) is 41.6 Å². The number of para-hydroxylation sites is 3. The van der Waals surface area contributed by atoms with Crippen LogP contribution in [-0.2, 0) is 6.42 Å². The number of aliphatic imine (C=N–C) groups is 1. The largest absolute Gasteiger partial charge is 0.311 e. The van der Waals surface area contributed by atoms with Gasteiger partial charge in [0, 0.05) is 79.6 Å². The second kappa shape index (κ2) is 19.1. The minimum atomic E-state index is 0.945. The molecule has 0 unspecified atom stereocenters. The molecule has 0 N–H and O–H groups in total. The number of benzene rings is 10. The number of fused-ring (bicyclic) bond motifs is 6. The van der Waals surface area contributed by atoms with Crippen LogP contribution in [0.4, 0.5) is 39.9 Å². The van der Waals surface area contributed by atoms with Gasteiger partial charge in [0.05, 0.1) is 11.0 Å².